The van der Waals surface area contributed by atoms with Crippen LogP contribution in [-0.4, -0.2) is 39.5 Å². The summed E-state index contributed by atoms with van der Waals surface area (Å²) in [4.78, 5) is 10.1. The van der Waals surface area contributed by atoms with Crippen molar-refractivity contribution < 1.29 is 8.42 Å². The van der Waals surface area contributed by atoms with Gasteiger partial charge in [-0.1, -0.05) is 17.7 Å². The quantitative estimate of drug-likeness (QED) is 0.224. The van der Waals surface area contributed by atoms with Gasteiger partial charge in [-0.2, -0.15) is 0 Å². The van der Waals surface area contributed by atoms with Crippen molar-refractivity contribution in [3.05, 3.63) is 45.4 Å². The number of aryl methyl sites for hydroxylation is 3. The maximum atomic E-state index is 12.2. The number of aliphatic imine (C=N–C) groups is 1. The first-order valence-electron chi connectivity index (χ1n) is 8.25. The van der Waals surface area contributed by atoms with E-state index in [-0.39, 0.29) is 35.4 Å². The summed E-state index contributed by atoms with van der Waals surface area (Å²) in [7, 11) is -1.83. The normalized spacial score (nSPS) is 11.8. The fourth-order valence-corrected chi connectivity index (χ4v) is 4.07. The molecule has 0 saturated heterocycles. The van der Waals surface area contributed by atoms with Crippen molar-refractivity contribution >= 4 is 51.3 Å². The number of nitrogens with zero attached hydrogens (tertiary/aromatic N) is 2. The molecule has 10 heteroatoms. The number of rotatable bonds is 7. The van der Waals surface area contributed by atoms with Gasteiger partial charge in [-0.05, 0) is 32.9 Å². The molecule has 0 saturated carbocycles. The van der Waals surface area contributed by atoms with Crippen LogP contribution < -0.4 is 15.4 Å². The predicted molar refractivity (Wildman–Crippen MR) is 122 cm³/mol. The second-order valence-electron chi connectivity index (χ2n) is 5.81. The first kappa shape index (κ1) is 23.8. The molecule has 0 radical (unpaired) electrons. The Hall–Kier alpha value is -1.24. The van der Waals surface area contributed by atoms with Crippen molar-refractivity contribution in [1.82, 2.24) is 20.3 Å². The van der Waals surface area contributed by atoms with E-state index in [0.29, 0.717) is 19.0 Å². The van der Waals surface area contributed by atoms with E-state index in [2.05, 4.69) is 25.3 Å². The highest BCUT2D eigenvalue weighted by Gasteiger charge is 2.12. The van der Waals surface area contributed by atoms with E-state index in [4.69, 9.17) is 0 Å². The fourth-order valence-electron chi connectivity index (χ4n) is 2.16. The number of hydrogen-bond donors (Lipinski definition) is 3. The Morgan fingerprint density at radius 3 is 2.33 bits per heavy atom. The molecule has 0 amide bonds. The van der Waals surface area contributed by atoms with Crippen molar-refractivity contribution in [2.45, 2.75) is 32.2 Å². The third kappa shape index (κ3) is 7.35. The number of halogens is 1. The summed E-state index contributed by atoms with van der Waals surface area (Å²) >= 11 is 1.65. The number of benzene rings is 1. The first-order valence-corrected chi connectivity index (χ1v) is 10.6. The molecule has 0 fully saturated rings. The van der Waals surface area contributed by atoms with Gasteiger partial charge in [0.05, 0.1) is 17.1 Å². The van der Waals surface area contributed by atoms with E-state index in [9.17, 15) is 8.42 Å². The fraction of sp³-hybridized carbons (Fsp3) is 0.412. The zero-order valence-electron chi connectivity index (χ0n) is 15.9. The van der Waals surface area contributed by atoms with Gasteiger partial charge >= 0.3 is 0 Å². The molecule has 0 aliphatic carbocycles. The van der Waals surface area contributed by atoms with Gasteiger partial charge in [-0.15, -0.1) is 35.3 Å². The molecule has 7 nitrogen and oxygen atoms in total. The third-order valence-electron chi connectivity index (χ3n) is 3.74. The zero-order chi connectivity index (χ0) is 19.2. The van der Waals surface area contributed by atoms with Crippen LogP contribution in [0.1, 0.15) is 21.1 Å². The number of guanidine groups is 1. The molecular weight excluding hydrogens is 497 g/mol. The first-order chi connectivity index (χ1) is 12.3. The molecule has 1 aromatic heterocycles. The Labute approximate surface area is 182 Å². The van der Waals surface area contributed by atoms with Gasteiger partial charge in [-0.25, -0.2) is 18.1 Å². The Morgan fingerprint density at radius 2 is 1.78 bits per heavy atom. The monoisotopic (exact) mass is 523 g/mol. The van der Waals surface area contributed by atoms with Crippen LogP contribution in [0.2, 0.25) is 0 Å². The van der Waals surface area contributed by atoms with Crippen molar-refractivity contribution in [2.75, 3.05) is 20.1 Å². The van der Waals surface area contributed by atoms with Crippen LogP contribution in [0.4, 0.5) is 0 Å². The average Bonchev–Trinajstić information content (AvgIpc) is 2.92. The molecule has 1 aromatic carbocycles. The molecule has 27 heavy (non-hydrogen) atoms. The second kappa shape index (κ2) is 10.9. The summed E-state index contributed by atoms with van der Waals surface area (Å²) in [5, 5.41) is 7.24. The van der Waals surface area contributed by atoms with Crippen LogP contribution in [0.3, 0.4) is 0 Å². The molecule has 2 aromatic rings. The molecule has 0 atom stereocenters. The molecule has 0 bridgehead atoms. The third-order valence-corrected chi connectivity index (χ3v) is 6.29. The summed E-state index contributed by atoms with van der Waals surface area (Å²) in [5.41, 5.74) is 2.06. The number of hydrogen-bond acceptors (Lipinski definition) is 5. The standard InChI is InChI=1S/C17H25N5O2S2.HI/c1-12-5-7-15(8-6-12)26(23,24)21-10-9-19-17(18-4)20-11-16-22-13(2)14(3)25-16;/h5-8,21H,9-11H2,1-4H3,(H2,18,19,20);1H. The molecule has 150 valence electrons. The van der Waals surface area contributed by atoms with Gasteiger partial charge < -0.3 is 10.6 Å². The summed E-state index contributed by atoms with van der Waals surface area (Å²) in [6, 6.07) is 6.76. The molecule has 1 heterocycles. The molecule has 0 aliphatic heterocycles. The maximum Gasteiger partial charge on any atom is 0.240 e. The molecule has 2 rings (SSSR count). The van der Waals surface area contributed by atoms with Crippen LogP contribution in [0, 0.1) is 20.8 Å². The van der Waals surface area contributed by atoms with Crippen molar-refractivity contribution in [3.8, 4) is 0 Å². The number of aromatic nitrogens is 1. The molecule has 3 N–H and O–H groups in total. The van der Waals surface area contributed by atoms with Gasteiger partial charge in [0.2, 0.25) is 10.0 Å². The molecular formula is C17H26IN5O2S2. The van der Waals surface area contributed by atoms with Crippen LogP contribution in [0.15, 0.2) is 34.2 Å². The van der Waals surface area contributed by atoms with E-state index >= 15 is 0 Å². The van der Waals surface area contributed by atoms with E-state index in [1.165, 1.54) is 4.88 Å². The SMILES string of the molecule is CN=C(NCCNS(=O)(=O)c1ccc(C)cc1)NCc1nc(C)c(C)s1.I. The van der Waals surface area contributed by atoms with Crippen molar-refractivity contribution in [2.24, 2.45) is 4.99 Å². The van der Waals surface area contributed by atoms with Gasteiger partial charge in [0.25, 0.3) is 0 Å². The van der Waals surface area contributed by atoms with Crippen molar-refractivity contribution in [1.29, 1.82) is 0 Å². The summed E-state index contributed by atoms with van der Waals surface area (Å²) in [6.45, 7) is 7.20. The van der Waals surface area contributed by atoms with E-state index in [1.807, 2.05) is 20.8 Å². The number of thiazole rings is 1. The Morgan fingerprint density at radius 1 is 1.11 bits per heavy atom. The lowest BCUT2D eigenvalue weighted by molar-refractivity contribution is 0.580. The summed E-state index contributed by atoms with van der Waals surface area (Å²) in [6.07, 6.45) is 0. The smallest absolute Gasteiger partial charge is 0.240 e. The maximum absolute atomic E-state index is 12.2. The largest absolute Gasteiger partial charge is 0.355 e. The van der Waals surface area contributed by atoms with Crippen LogP contribution in [0.25, 0.3) is 0 Å². The van der Waals surface area contributed by atoms with Gasteiger partial charge in [0, 0.05) is 25.0 Å². The lowest BCUT2D eigenvalue weighted by Crippen LogP contribution is -2.41. The van der Waals surface area contributed by atoms with E-state index in [0.717, 1.165) is 16.3 Å². The minimum absolute atomic E-state index is 0. The van der Waals surface area contributed by atoms with Gasteiger partial charge in [0.1, 0.15) is 5.01 Å². The average molecular weight is 523 g/mol. The second-order valence-corrected chi connectivity index (χ2v) is 8.87. The van der Waals surface area contributed by atoms with Gasteiger partial charge in [0.15, 0.2) is 5.96 Å². The van der Waals surface area contributed by atoms with E-state index < -0.39 is 10.0 Å². The highest BCUT2D eigenvalue weighted by Crippen LogP contribution is 2.15. The topological polar surface area (TPSA) is 95.5 Å². The Balaban J connectivity index is 0.00000364. The predicted octanol–water partition coefficient (Wildman–Crippen LogP) is 2.33. The summed E-state index contributed by atoms with van der Waals surface area (Å²) < 4.78 is 27.0. The molecule has 0 spiro atoms. The van der Waals surface area contributed by atoms with Crippen molar-refractivity contribution in [3.63, 3.8) is 0 Å². The molecule has 0 unspecified atom stereocenters. The van der Waals surface area contributed by atoms with E-state index in [1.54, 1.807) is 42.6 Å². The number of sulfonamides is 1. The van der Waals surface area contributed by atoms with Crippen LogP contribution >= 0.6 is 35.3 Å². The zero-order valence-corrected chi connectivity index (χ0v) is 19.8. The lowest BCUT2D eigenvalue weighted by Gasteiger charge is -2.12. The van der Waals surface area contributed by atoms with Crippen LogP contribution in [-0.2, 0) is 16.6 Å². The Kier molecular flexibility index (Phi) is 9.63. The lowest BCUT2D eigenvalue weighted by atomic mass is 10.2. The minimum atomic E-state index is -3.50. The summed E-state index contributed by atoms with van der Waals surface area (Å²) in [5.74, 6) is 0.602. The highest BCUT2D eigenvalue weighted by molar-refractivity contribution is 14.0. The highest BCUT2D eigenvalue weighted by atomic mass is 127. The minimum Gasteiger partial charge on any atom is -0.355 e. The number of nitrogens with one attached hydrogen (secondary N) is 3. The Bertz CT molecular complexity index is 844. The van der Waals surface area contributed by atoms with Crippen LogP contribution in [0.5, 0.6) is 0 Å². The molecule has 0 aliphatic rings. The van der Waals surface area contributed by atoms with Gasteiger partial charge in [-0.3, -0.25) is 4.99 Å².